The second kappa shape index (κ2) is 5.36. The summed E-state index contributed by atoms with van der Waals surface area (Å²) in [5, 5.41) is 3.36. The molecule has 6 heteroatoms. The lowest BCUT2D eigenvalue weighted by atomic mass is 10.1. The quantitative estimate of drug-likeness (QED) is 0.785. The van der Waals surface area contributed by atoms with E-state index in [1.807, 2.05) is 13.8 Å². The van der Waals surface area contributed by atoms with E-state index in [4.69, 9.17) is 5.73 Å². The number of aromatic nitrogens is 1. The molecule has 0 aromatic carbocycles. The molecule has 1 saturated heterocycles. The maximum Gasteiger partial charge on any atom is 0.272 e. The summed E-state index contributed by atoms with van der Waals surface area (Å²) in [6.07, 6.45) is 1.34. The van der Waals surface area contributed by atoms with E-state index in [0.29, 0.717) is 24.3 Å². The van der Waals surface area contributed by atoms with E-state index in [9.17, 15) is 9.59 Å². The van der Waals surface area contributed by atoms with Gasteiger partial charge in [0.1, 0.15) is 5.69 Å². The number of pyridine rings is 1. The molecular formula is C13H18N4O2. The van der Waals surface area contributed by atoms with Gasteiger partial charge in [-0.2, -0.15) is 0 Å². The lowest BCUT2D eigenvalue weighted by Crippen LogP contribution is -2.55. The van der Waals surface area contributed by atoms with Crippen molar-refractivity contribution in [3.63, 3.8) is 0 Å². The summed E-state index contributed by atoms with van der Waals surface area (Å²) in [6, 6.07) is 3.59. The molecule has 6 nitrogen and oxygen atoms in total. The highest BCUT2D eigenvalue weighted by molar-refractivity contribution is 5.95. The number of nitrogens with zero attached hydrogens (tertiary/aromatic N) is 2. The Morgan fingerprint density at radius 2 is 1.95 bits per heavy atom. The van der Waals surface area contributed by atoms with Crippen molar-refractivity contribution in [2.45, 2.75) is 25.9 Å². The van der Waals surface area contributed by atoms with Crippen LogP contribution in [0.1, 0.15) is 34.7 Å². The molecule has 1 aromatic heterocycles. The van der Waals surface area contributed by atoms with Gasteiger partial charge in [-0.1, -0.05) is 0 Å². The maximum atomic E-state index is 12.3. The molecule has 0 unspecified atom stereocenters. The Morgan fingerprint density at radius 1 is 1.32 bits per heavy atom. The first-order chi connectivity index (χ1) is 8.97. The van der Waals surface area contributed by atoms with Crippen LogP contribution < -0.4 is 11.1 Å². The molecule has 0 aliphatic carbocycles. The molecule has 2 atom stereocenters. The molecule has 2 heterocycles. The number of nitrogens with two attached hydrogens (primary N) is 1. The predicted molar refractivity (Wildman–Crippen MR) is 70.7 cm³/mol. The number of hydrogen-bond acceptors (Lipinski definition) is 4. The maximum absolute atomic E-state index is 12.3. The van der Waals surface area contributed by atoms with E-state index in [0.717, 1.165) is 0 Å². The van der Waals surface area contributed by atoms with Crippen LogP contribution >= 0.6 is 0 Å². The molecule has 0 spiro atoms. The fourth-order valence-corrected chi connectivity index (χ4v) is 2.32. The number of hydrogen-bond donors (Lipinski definition) is 2. The van der Waals surface area contributed by atoms with Gasteiger partial charge in [0.15, 0.2) is 0 Å². The van der Waals surface area contributed by atoms with Crippen molar-refractivity contribution < 1.29 is 9.59 Å². The number of carbonyl (C=O) groups is 2. The van der Waals surface area contributed by atoms with Crippen molar-refractivity contribution in [2.75, 3.05) is 13.1 Å². The van der Waals surface area contributed by atoms with Crippen molar-refractivity contribution in [3.8, 4) is 0 Å². The Labute approximate surface area is 112 Å². The summed E-state index contributed by atoms with van der Waals surface area (Å²) in [6.45, 7) is 5.39. The molecule has 102 valence electrons. The predicted octanol–water partition coefficient (Wildman–Crippen LogP) is 0.00290. The van der Waals surface area contributed by atoms with Crippen LogP contribution in [0.2, 0.25) is 0 Å². The molecule has 1 aliphatic rings. The normalized spacial score (nSPS) is 23.2. The average molecular weight is 262 g/mol. The van der Waals surface area contributed by atoms with E-state index >= 15 is 0 Å². The molecule has 1 aromatic rings. The first kappa shape index (κ1) is 13.5. The fraction of sp³-hybridized carbons (Fsp3) is 0.462. The number of nitrogens with one attached hydrogen (secondary N) is 1. The van der Waals surface area contributed by atoms with E-state index in [1.165, 1.54) is 12.3 Å². The molecule has 0 bridgehead atoms. The molecule has 2 rings (SSSR count). The lowest BCUT2D eigenvalue weighted by Gasteiger charge is -2.35. The molecule has 1 aliphatic heterocycles. The summed E-state index contributed by atoms with van der Waals surface area (Å²) in [5.74, 6) is -0.660. The number of rotatable bonds is 2. The van der Waals surface area contributed by atoms with E-state index < -0.39 is 5.91 Å². The number of amides is 2. The van der Waals surface area contributed by atoms with E-state index in [2.05, 4.69) is 10.3 Å². The standard InChI is InChI=1S/C13H18N4O2/c1-8-6-17(7-9(2)16-8)13(19)11-4-3-10(5-15-11)12(14)18/h3-5,8-9,16H,6-7H2,1-2H3,(H2,14,18)/t8-,9+. The van der Waals surface area contributed by atoms with Crippen LogP contribution in [0.15, 0.2) is 18.3 Å². The Bertz CT molecular complexity index is 476. The Balaban J connectivity index is 2.12. The van der Waals surface area contributed by atoms with Gasteiger partial charge in [0.25, 0.3) is 5.91 Å². The van der Waals surface area contributed by atoms with Crippen molar-refractivity contribution in [3.05, 3.63) is 29.6 Å². The minimum atomic E-state index is -0.545. The van der Waals surface area contributed by atoms with Crippen molar-refractivity contribution in [1.29, 1.82) is 0 Å². The summed E-state index contributed by atoms with van der Waals surface area (Å²) < 4.78 is 0. The zero-order chi connectivity index (χ0) is 14.0. The number of carbonyl (C=O) groups excluding carboxylic acids is 2. The van der Waals surface area contributed by atoms with Crippen molar-refractivity contribution >= 4 is 11.8 Å². The third kappa shape index (κ3) is 3.08. The van der Waals surface area contributed by atoms with Crippen molar-refractivity contribution in [2.24, 2.45) is 5.73 Å². The topological polar surface area (TPSA) is 88.3 Å². The minimum Gasteiger partial charge on any atom is -0.366 e. The van der Waals surface area contributed by atoms with Crippen LogP contribution in [0.25, 0.3) is 0 Å². The summed E-state index contributed by atoms with van der Waals surface area (Å²) in [5.41, 5.74) is 5.78. The second-order valence-electron chi connectivity index (χ2n) is 4.98. The summed E-state index contributed by atoms with van der Waals surface area (Å²) in [4.78, 5) is 29.0. The monoisotopic (exact) mass is 262 g/mol. The molecule has 0 saturated carbocycles. The fourth-order valence-electron chi connectivity index (χ4n) is 2.32. The second-order valence-corrected chi connectivity index (χ2v) is 4.98. The highest BCUT2D eigenvalue weighted by Crippen LogP contribution is 2.09. The van der Waals surface area contributed by atoms with Crippen LogP contribution in [0.5, 0.6) is 0 Å². The summed E-state index contributed by atoms with van der Waals surface area (Å²) >= 11 is 0. The third-order valence-corrected chi connectivity index (χ3v) is 3.11. The zero-order valence-electron chi connectivity index (χ0n) is 11.1. The molecule has 1 fully saturated rings. The third-order valence-electron chi connectivity index (χ3n) is 3.11. The molecule has 19 heavy (non-hydrogen) atoms. The van der Waals surface area contributed by atoms with Crippen LogP contribution in [0, 0.1) is 0 Å². The van der Waals surface area contributed by atoms with Gasteiger partial charge < -0.3 is 16.0 Å². The lowest BCUT2D eigenvalue weighted by molar-refractivity contribution is 0.0667. The molecule has 3 N–H and O–H groups in total. The molecule has 0 radical (unpaired) electrons. The number of primary amides is 1. The first-order valence-electron chi connectivity index (χ1n) is 6.28. The Morgan fingerprint density at radius 3 is 2.42 bits per heavy atom. The summed E-state index contributed by atoms with van der Waals surface area (Å²) in [7, 11) is 0. The van der Waals surface area contributed by atoms with Gasteiger partial charge in [0.05, 0.1) is 5.56 Å². The largest absolute Gasteiger partial charge is 0.366 e. The van der Waals surface area contributed by atoms with Crippen LogP contribution in [-0.4, -0.2) is 46.9 Å². The van der Waals surface area contributed by atoms with Gasteiger partial charge in [-0.05, 0) is 26.0 Å². The smallest absolute Gasteiger partial charge is 0.272 e. The van der Waals surface area contributed by atoms with E-state index in [1.54, 1.807) is 11.0 Å². The Hall–Kier alpha value is -1.95. The molecular weight excluding hydrogens is 244 g/mol. The first-order valence-corrected chi connectivity index (χ1v) is 6.28. The van der Waals surface area contributed by atoms with Crippen LogP contribution in [0.4, 0.5) is 0 Å². The number of piperazine rings is 1. The average Bonchev–Trinajstić information content (AvgIpc) is 2.37. The van der Waals surface area contributed by atoms with Gasteiger partial charge in [-0.3, -0.25) is 14.6 Å². The van der Waals surface area contributed by atoms with Gasteiger partial charge in [-0.15, -0.1) is 0 Å². The van der Waals surface area contributed by atoms with Gasteiger partial charge in [-0.25, -0.2) is 0 Å². The minimum absolute atomic E-state index is 0.115. The SMILES string of the molecule is C[C@@H]1CN(C(=O)c2ccc(C(N)=O)cn2)C[C@H](C)N1. The van der Waals surface area contributed by atoms with Crippen LogP contribution in [0.3, 0.4) is 0 Å². The molecule has 2 amide bonds. The van der Waals surface area contributed by atoms with Gasteiger partial charge >= 0.3 is 0 Å². The van der Waals surface area contributed by atoms with Gasteiger partial charge in [0, 0.05) is 31.4 Å². The van der Waals surface area contributed by atoms with Crippen LogP contribution in [-0.2, 0) is 0 Å². The zero-order valence-corrected chi connectivity index (χ0v) is 11.1. The Kier molecular flexibility index (Phi) is 3.80. The van der Waals surface area contributed by atoms with E-state index in [-0.39, 0.29) is 18.0 Å². The van der Waals surface area contributed by atoms with Crippen molar-refractivity contribution in [1.82, 2.24) is 15.2 Å². The van der Waals surface area contributed by atoms with Gasteiger partial charge in [0.2, 0.25) is 5.91 Å². The highest BCUT2D eigenvalue weighted by atomic mass is 16.2. The highest BCUT2D eigenvalue weighted by Gasteiger charge is 2.26.